The summed E-state index contributed by atoms with van der Waals surface area (Å²) in [7, 11) is 1.48. The maximum atomic E-state index is 13.2. The van der Waals surface area contributed by atoms with Crippen LogP contribution in [0.25, 0.3) is 11.2 Å². The molecule has 2 saturated heterocycles. The monoisotopic (exact) mass is 569 g/mol. The van der Waals surface area contributed by atoms with Gasteiger partial charge in [0.05, 0.1) is 25.6 Å². The first-order chi connectivity index (χ1) is 18.1. The lowest BCUT2D eigenvalue weighted by Crippen LogP contribution is -2.31. The number of ether oxygens (including phenoxy) is 3. The summed E-state index contributed by atoms with van der Waals surface area (Å²) < 4.78 is 44.8. The van der Waals surface area contributed by atoms with Gasteiger partial charge in [-0.2, -0.15) is 0 Å². The molecule has 7 atom stereocenters. The van der Waals surface area contributed by atoms with E-state index in [1.807, 2.05) is 6.92 Å². The predicted octanol–water partition coefficient (Wildman–Crippen LogP) is 1.26. The summed E-state index contributed by atoms with van der Waals surface area (Å²) in [5.41, 5.74) is 5.77. The third-order valence-corrected chi connectivity index (χ3v) is 8.22. The van der Waals surface area contributed by atoms with E-state index in [0.717, 1.165) is 0 Å². The fourth-order valence-corrected chi connectivity index (χ4v) is 6.17. The molecule has 3 aromatic rings. The second kappa shape index (κ2) is 10.9. The first-order valence-corrected chi connectivity index (χ1v) is 14.5. The van der Waals surface area contributed by atoms with E-state index in [1.54, 1.807) is 10.9 Å². The third-order valence-electron chi connectivity index (χ3n) is 6.58. The minimum Gasteiger partial charge on any atom is -0.382 e. The summed E-state index contributed by atoms with van der Waals surface area (Å²) in [5, 5.41) is 0. The van der Waals surface area contributed by atoms with Gasteiger partial charge in [0.25, 0.3) is 5.56 Å². The molecule has 5 heterocycles. The van der Waals surface area contributed by atoms with Crippen LogP contribution in [0.4, 0.5) is 5.82 Å². The molecule has 0 bridgehead atoms. The van der Waals surface area contributed by atoms with Gasteiger partial charge >= 0.3 is 12.5 Å². The van der Waals surface area contributed by atoms with Gasteiger partial charge in [0.15, 0.2) is 11.5 Å². The molecule has 0 amide bonds. The molecule has 17 heteroatoms. The van der Waals surface area contributed by atoms with Crippen LogP contribution in [-0.2, 0) is 27.8 Å². The number of anilines is 1. The van der Waals surface area contributed by atoms with Crippen molar-refractivity contribution in [3.05, 3.63) is 45.8 Å². The molecule has 2 aliphatic heterocycles. The normalized spacial score (nSPS) is 29.1. The number of thiol groups is 1. The molecule has 206 valence electrons. The molecule has 5 rings (SSSR count). The van der Waals surface area contributed by atoms with Gasteiger partial charge in [-0.1, -0.05) is 19.2 Å². The molecule has 0 radical (unpaired) electrons. The Morgan fingerprint density at radius 3 is 2.68 bits per heavy atom. The van der Waals surface area contributed by atoms with Gasteiger partial charge in [0.2, 0.25) is 0 Å². The van der Waals surface area contributed by atoms with E-state index in [1.165, 1.54) is 30.3 Å². The molecule has 0 saturated carbocycles. The maximum absolute atomic E-state index is 13.2. The van der Waals surface area contributed by atoms with E-state index < -0.39 is 42.6 Å². The average Bonchev–Trinajstić information content (AvgIpc) is 3.55. The van der Waals surface area contributed by atoms with Gasteiger partial charge in [-0.05, 0) is 12.3 Å². The van der Waals surface area contributed by atoms with Crippen molar-refractivity contribution in [1.82, 2.24) is 29.1 Å². The average molecular weight is 570 g/mol. The molecule has 3 aromatic heterocycles. The zero-order valence-electron chi connectivity index (χ0n) is 20.6. The van der Waals surface area contributed by atoms with E-state index in [9.17, 15) is 14.2 Å². The highest BCUT2D eigenvalue weighted by molar-refractivity contribution is 8.44. The smallest absolute Gasteiger partial charge is 0.382 e. The number of hydrogen-bond donors (Lipinski definition) is 3. The number of imidazole rings is 1. The van der Waals surface area contributed by atoms with Crippen LogP contribution in [0.3, 0.4) is 0 Å². The quantitative estimate of drug-likeness (QED) is 0.248. The van der Waals surface area contributed by atoms with Crippen molar-refractivity contribution in [2.75, 3.05) is 26.1 Å². The van der Waals surface area contributed by atoms with Crippen molar-refractivity contribution in [3.8, 4) is 0 Å². The molecule has 15 nitrogen and oxygen atoms in total. The molecule has 2 fully saturated rings. The van der Waals surface area contributed by atoms with Crippen molar-refractivity contribution in [1.29, 1.82) is 0 Å². The van der Waals surface area contributed by atoms with Crippen LogP contribution in [0.1, 0.15) is 32.2 Å². The largest absolute Gasteiger partial charge is 0.386 e. The molecule has 0 spiro atoms. The van der Waals surface area contributed by atoms with E-state index in [4.69, 9.17) is 29.0 Å². The van der Waals surface area contributed by atoms with Crippen LogP contribution in [0.2, 0.25) is 0 Å². The topological polar surface area (TPSA) is 188 Å². The summed E-state index contributed by atoms with van der Waals surface area (Å²) >= 11 is 4.16. The number of hydrogen-bond acceptors (Lipinski definition) is 12. The first-order valence-electron chi connectivity index (χ1n) is 11.8. The van der Waals surface area contributed by atoms with Gasteiger partial charge in [0, 0.05) is 25.8 Å². The zero-order valence-corrected chi connectivity index (χ0v) is 22.4. The van der Waals surface area contributed by atoms with Crippen LogP contribution in [0.5, 0.6) is 0 Å². The fraction of sp³-hybridized carbons (Fsp3) is 0.571. The van der Waals surface area contributed by atoms with E-state index in [2.05, 4.69) is 32.2 Å². The van der Waals surface area contributed by atoms with Crippen LogP contribution in [-0.4, -0.2) is 67.7 Å². The summed E-state index contributed by atoms with van der Waals surface area (Å²) in [6, 6.07) is 1.21. The third kappa shape index (κ3) is 5.57. The minimum absolute atomic E-state index is 0.0342. The molecular weight excluding hydrogens is 541 g/mol. The van der Waals surface area contributed by atoms with Crippen molar-refractivity contribution in [2.24, 2.45) is 5.92 Å². The van der Waals surface area contributed by atoms with Gasteiger partial charge in [-0.3, -0.25) is 28.0 Å². The summed E-state index contributed by atoms with van der Waals surface area (Å²) in [5.74, 6) is 0.334. The number of aromatic nitrogens is 6. The Kier molecular flexibility index (Phi) is 7.73. The Morgan fingerprint density at radius 1 is 1.16 bits per heavy atom. The Labute approximate surface area is 221 Å². The first kappa shape index (κ1) is 27.0. The number of nitrogens with one attached hydrogen (secondary N) is 1. The number of fused-ring (bicyclic) bond motifs is 1. The number of H-pyrrole nitrogens is 1. The highest BCUT2D eigenvalue weighted by Gasteiger charge is 2.42. The lowest BCUT2D eigenvalue weighted by molar-refractivity contribution is -0.0539. The molecule has 0 aromatic carbocycles. The van der Waals surface area contributed by atoms with Gasteiger partial charge in [-0.15, -0.1) is 0 Å². The van der Waals surface area contributed by atoms with Gasteiger partial charge < -0.3 is 19.9 Å². The Bertz CT molecular complexity index is 1460. The Morgan fingerprint density at radius 2 is 1.92 bits per heavy atom. The molecule has 1 unspecified atom stereocenters. The van der Waals surface area contributed by atoms with E-state index in [-0.39, 0.29) is 37.6 Å². The lowest BCUT2D eigenvalue weighted by Gasteiger charge is -2.23. The fourth-order valence-electron chi connectivity index (χ4n) is 4.64. The number of nitrogens with zero attached hydrogens (tertiary/aromatic N) is 5. The molecular formula is C21H28N7O8PS. The number of nitrogens with two attached hydrogens (primary N) is 1. The number of nitrogen functional groups attached to an aromatic ring is 1. The zero-order chi connectivity index (χ0) is 27.0. The van der Waals surface area contributed by atoms with Crippen LogP contribution >= 0.6 is 19.0 Å². The molecule has 38 heavy (non-hydrogen) atoms. The predicted molar refractivity (Wildman–Crippen MR) is 137 cm³/mol. The Hall–Kier alpha value is -2.59. The maximum Gasteiger partial charge on any atom is 0.386 e. The standard InChI is InChI=1S/C21H28N7O8PS/c1-11-5-16(28-10-25-18-19(22)23-9-24-20(18)28)34-13(11)8-33-37(31,38)36-12-6-17(35-14(12)7-32-2)27-4-3-15(29)26-21(27)30/h3-4,9-14,16-17H,5-8H2,1-2H3,(H,31,38)(H2,22,23,24)(H,26,29,30)/t11-,12-,13+,14+,16+,17+,37?/m0/s1. The van der Waals surface area contributed by atoms with Crippen molar-refractivity contribution < 1.29 is 27.8 Å². The number of methoxy groups -OCH3 is 1. The number of aromatic amines is 1. The molecule has 0 aliphatic carbocycles. The van der Waals surface area contributed by atoms with Crippen molar-refractivity contribution >= 4 is 36.0 Å². The van der Waals surface area contributed by atoms with Crippen LogP contribution in [0.15, 0.2) is 34.5 Å². The SMILES string of the molecule is COC[C@H]1O[C@@H](n2ccc(=O)[nH]c2=O)C[C@@H]1OP(=O)(S)OC[C@H]1O[C@@H](n2cnc3c(N)ncnc32)C[C@@H]1C. The van der Waals surface area contributed by atoms with Crippen LogP contribution in [0, 0.1) is 5.92 Å². The van der Waals surface area contributed by atoms with E-state index in [0.29, 0.717) is 17.6 Å². The molecule has 2 aliphatic rings. The Balaban J connectivity index is 1.22. The highest BCUT2D eigenvalue weighted by atomic mass is 32.7. The van der Waals surface area contributed by atoms with E-state index >= 15 is 0 Å². The summed E-state index contributed by atoms with van der Waals surface area (Å²) in [6.45, 7) is -1.79. The van der Waals surface area contributed by atoms with Crippen molar-refractivity contribution in [2.45, 2.75) is 50.5 Å². The summed E-state index contributed by atoms with van der Waals surface area (Å²) in [4.78, 5) is 38.3. The van der Waals surface area contributed by atoms with Gasteiger partial charge in [0.1, 0.15) is 36.5 Å². The van der Waals surface area contributed by atoms with Crippen LogP contribution < -0.4 is 17.0 Å². The second-order valence-corrected chi connectivity index (χ2v) is 12.0. The van der Waals surface area contributed by atoms with Crippen molar-refractivity contribution in [3.63, 3.8) is 0 Å². The minimum atomic E-state index is -3.87. The molecule has 3 N–H and O–H groups in total. The lowest BCUT2D eigenvalue weighted by atomic mass is 10.0. The second-order valence-electron chi connectivity index (χ2n) is 9.17. The number of rotatable bonds is 9. The van der Waals surface area contributed by atoms with Gasteiger partial charge in [-0.25, -0.2) is 24.3 Å². The highest BCUT2D eigenvalue weighted by Crippen LogP contribution is 2.56. The summed E-state index contributed by atoms with van der Waals surface area (Å²) in [6.07, 6.45) is 2.16.